The zero-order valence-electron chi connectivity index (χ0n) is 7.76. The summed E-state index contributed by atoms with van der Waals surface area (Å²) < 4.78 is 1.60. The predicted molar refractivity (Wildman–Crippen MR) is 55.3 cm³/mol. The Morgan fingerprint density at radius 2 is 2.33 bits per heavy atom. The van der Waals surface area contributed by atoms with Crippen LogP contribution in [0.25, 0.3) is 0 Å². The minimum atomic E-state index is 0.178. The topological polar surface area (TPSA) is 54.5 Å². The van der Waals surface area contributed by atoms with Crippen molar-refractivity contribution in [3.05, 3.63) is 47.0 Å². The minimum Gasteiger partial charge on any atom is -0.247 e. The van der Waals surface area contributed by atoms with E-state index < -0.39 is 0 Å². The first-order valence-electron chi connectivity index (χ1n) is 4.32. The molecule has 2 rings (SSSR count). The van der Waals surface area contributed by atoms with Crippen LogP contribution in [-0.2, 0) is 6.54 Å². The Balaban J connectivity index is 2.19. The Labute approximate surface area is 91.7 Å². The lowest BCUT2D eigenvalue weighted by molar-refractivity contribution is 0.682. The fraction of sp³-hybridized carbons (Fsp3) is 0.100. The van der Waals surface area contributed by atoms with Gasteiger partial charge in [-0.1, -0.05) is 23.7 Å². The highest BCUT2D eigenvalue weighted by molar-refractivity contribution is 6.30. The van der Waals surface area contributed by atoms with E-state index in [2.05, 4.69) is 10.1 Å². The summed E-state index contributed by atoms with van der Waals surface area (Å²) in [5.41, 5.74) is 1.02. The van der Waals surface area contributed by atoms with Crippen molar-refractivity contribution in [2.24, 2.45) is 0 Å². The summed E-state index contributed by atoms with van der Waals surface area (Å²) >= 11 is 5.85. The lowest BCUT2D eigenvalue weighted by atomic mass is 10.2. The van der Waals surface area contributed by atoms with Crippen molar-refractivity contribution in [1.29, 1.82) is 5.26 Å². The summed E-state index contributed by atoms with van der Waals surface area (Å²) in [6.45, 7) is 0.565. The number of aromatic nitrogens is 3. The van der Waals surface area contributed by atoms with Crippen LogP contribution in [0.15, 0.2) is 30.6 Å². The largest absolute Gasteiger partial charge is 0.252 e. The van der Waals surface area contributed by atoms with Crippen LogP contribution in [0, 0.1) is 11.3 Å². The van der Waals surface area contributed by atoms with E-state index in [-0.39, 0.29) is 5.82 Å². The molecule has 0 aliphatic carbocycles. The van der Waals surface area contributed by atoms with Crippen LogP contribution >= 0.6 is 11.6 Å². The van der Waals surface area contributed by atoms with Gasteiger partial charge in [0.05, 0.1) is 6.54 Å². The van der Waals surface area contributed by atoms with Crippen LogP contribution < -0.4 is 0 Å². The molecule has 0 N–H and O–H groups in total. The van der Waals surface area contributed by atoms with Crippen LogP contribution in [0.1, 0.15) is 11.4 Å². The second kappa shape index (κ2) is 4.11. The first-order valence-corrected chi connectivity index (χ1v) is 4.70. The maximum atomic E-state index is 8.55. The SMILES string of the molecule is N#Cc1ncn(Cc2cccc(Cl)c2)n1. The number of nitrogens with zero attached hydrogens (tertiary/aromatic N) is 4. The Morgan fingerprint density at radius 3 is 3.00 bits per heavy atom. The van der Waals surface area contributed by atoms with E-state index >= 15 is 0 Å². The molecule has 0 radical (unpaired) electrons. The van der Waals surface area contributed by atoms with E-state index in [4.69, 9.17) is 16.9 Å². The van der Waals surface area contributed by atoms with Crippen molar-refractivity contribution in [2.45, 2.75) is 6.54 Å². The molecule has 1 aromatic carbocycles. The van der Waals surface area contributed by atoms with Gasteiger partial charge >= 0.3 is 0 Å². The van der Waals surface area contributed by atoms with Crippen molar-refractivity contribution in [3.8, 4) is 6.07 Å². The number of hydrogen-bond acceptors (Lipinski definition) is 3. The third-order valence-electron chi connectivity index (χ3n) is 1.87. The molecule has 0 saturated carbocycles. The van der Waals surface area contributed by atoms with Crippen molar-refractivity contribution < 1.29 is 0 Å². The molecule has 5 heteroatoms. The molecule has 0 atom stereocenters. The average molecular weight is 219 g/mol. The Morgan fingerprint density at radius 1 is 1.47 bits per heavy atom. The van der Waals surface area contributed by atoms with Gasteiger partial charge in [0.1, 0.15) is 12.4 Å². The van der Waals surface area contributed by atoms with E-state index in [1.165, 1.54) is 6.33 Å². The average Bonchev–Trinajstić information content (AvgIpc) is 2.65. The molecule has 0 aliphatic rings. The van der Waals surface area contributed by atoms with Crippen LogP contribution in [0.5, 0.6) is 0 Å². The van der Waals surface area contributed by atoms with E-state index in [0.717, 1.165) is 5.56 Å². The lowest BCUT2D eigenvalue weighted by Gasteiger charge is -2.00. The monoisotopic (exact) mass is 218 g/mol. The van der Waals surface area contributed by atoms with E-state index in [0.29, 0.717) is 11.6 Å². The van der Waals surface area contributed by atoms with Gasteiger partial charge < -0.3 is 0 Å². The molecule has 74 valence electrons. The molecular formula is C10H7ClN4. The summed E-state index contributed by atoms with van der Waals surface area (Å²) in [7, 11) is 0. The van der Waals surface area contributed by atoms with Crippen molar-refractivity contribution in [3.63, 3.8) is 0 Å². The smallest absolute Gasteiger partial charge is 0.247 e. The predicted octanol–water partition coefficient (Wildman–Crippen LogP) is 1.85. The van der Waals surface area contributed by atoms with Gasteiger partial charge in [0, 0.05) is 5.02 Å². The number of nitriles is 1. The molecule has 0 amide bonds. The highest BCUT2D eigenvalue weighted by Gasteiger charge is 2.00. The molecule has 4 nitrogen and oxygen atoms in total. The Kier molecular flexibility index (Phi) is 2.66. The number of benzene rings is 1. The Hall–Kier alpha value is -1.86. The van der Waals surface area contributed by atoms with Crippen LogP contribution in [-0.4, -0.2) is 14.8 Å². The van der Waals surface area contributed by atoms with Gasteiger partial charge in [-0.05, 0) is 17.7 Å². The summed E-state index contributed by atoms with van der Waals surface area (Å²) in [5, 5.41) is 13.2. The summed E-state index contributed by atoms with van der Waals surface area (Å²) in [5.74, 6) is 0.178. The van der Waals surface area contributed by atoms with Crippen LogP contribution in [0.4, 0.5) is 0 Å². The molecule has 2 aromatic rings. The van der Waals surface area contributed by atoms with Gasteiger partial charge in [-0.15, -0.1) is 5.10 Å². The van der Waals surface area contributed by atoms with Crippen molar-refractivity contribution in [1.82, 2.24) is 14.8 Å². The molecule has 0 spiro atoms. The molecule has 0 aliphatic heterocycles. The lowest BCUT2D eigenvalue weighted by Crippen LogP contribution is -2.00. The van der Waals surface area contributed by atoms with Gasteiger partial charge in [-0.3, -0.25) is 0 Å². The first-order chi connectivity index (χ1) is 7.28. The fourth-order valence-electron chi connectivity index (χ4n) is 1.24. The number of halogens is 1. The second-order valence-corrected chi connectivity index (χ2v) is 3.44. The molecule has 0 fully saturated rings. The zero-order chi connectivity index (χ0) is 10.7. The number of rotatable bonds is 2. The summed E-state index contributed by atoms with van der Waals surface area (Å²) in [6, 6.07) is 9.36. The van der Waals surface area contributed by atoms with Gasteiger partial charge in [0.25, 0.3) is 5.82 Å². The third-order valence-corrected chi connectivity index (χ3v) is 2.11. The van der Waals surface area contributed by atoms with Crippen molar-refractivity contribution >= 4 is 11.6 Å². The first kappa shape index (κ1) is 9.69. The minimum absolute atomic E-state index is 0.178. The van der Waals surface area contributed by atoms with Gasteiger partial charge in [0.2, 0.25) is 0 Å². The highest BCUT2D eigenvalue weighted by Crippen LogP contribution is 2.11. The fourth-order valence-corrected chi connectivity index (χ4v) is 1.46. The zero-order valence-corrected chi connectivity index (χ0v) is 8.52. The quantitative estimate of drug-likeness (QED) is 0.773. The molecule has 1 aromatic heterocycles. The maximum Gasteiger partial charge on any atom is 0.252 e. The molecule has 0 saturated heterocycles. The summed E-state index contributed by atoms with van der Waals surface area (Å²) in [4.78, 5) is 3.81. The van der Waals surface area contributed by atoms with Crippen LogP contribution in [0.2, 0.25) is 5.02 Å². The van der Waals surface area contributed by atoms with E-state index in [1.807, 2.05) is 30.3 Å². The van der Waals surface area contributed by atoms with Gasteiger partial charge in [-0.2, -0.15) is 5.26 Å². The van der Waals surface area contributed by atoms with Crippen LogP contribution in [0.3, 0.4) is 0 Å². The Bertz CT molecular complexity index is 512. The molecule has 0 unspecified atom stereocenters. The standard InChI is InChI=1S/C10H7ClN4/c11-9-3-1-2-8(4-9)6-15-7-13-10(5-12)14-15/h1-4,7H,6H2. The normalized spacial score (nSPS) is 9.87. The van der Waals surface area contributed by atoms with Crippen molar-refractivity contribution in [2.75, 3.05) is 0 Å². The highest BCUT2D eigenvalue weighted by atomic mass is 35.5. The molecular weight excluding hydrogens is 212 g/mol. The molecule has 15 heavy (non-hydrogen) atoms. The molecule has 0 bridgehead atoms. The third kappa shape index (κ3) is 2.33. The number of hydrogen-bond donors (Lipinski definition) is 0. The summed E-state index contributed by atoms with van der Waals surface area (Å²) in [6.07, 6.45) is 1.53. The second-order valence-electron chi connectivity index (χ2n) is 3.01. The van der Waals surface area contributed by atoms with E-state index in [1.54, 1.807) is 4.68 Å². The van der Waals surface area contributed by atoms with Gasteiger partial charge in [-0.25, -0.2) is 9.67 Å². The molecule has 1 heterocycles. The van der Waals surface area contributed by atoms with E-state index in [9.17, 15) is 0 Å². The maximum absolute atomic E-state index is 8.55. The van der Waals surface area contributed by atoms with Gasteiger partial charge in [0.15, 0.2) is 0 Å².